The van der Waals surface area contributed by atoms with E-state index in [1.165, 1.54) is 0 Å². The Bertz CT molecular complexity index is 352. The highest BCUT2D eigenvalue weighted by molar-refractivity contribution is 6.30. The van der Waals surface area contributed by atoms with Crippen molar-refractivity contribution in [2.24, 2.45) is 7.05 Å². The zero-order valence-corrected chi connectivity index (χ0v) is 11.8. The molecule has 1 N–H and O–H groups in total. The molecule has 0 saturated heterocycles. The summed E-state index contributed by atoms with van der Waals surface area (Å²) in [6.07, 6.45) is 0.854. The van der Waals surface area contributed by atoms with Crippen molar-refractivity contribution in [3.05, 3.63) is 16.4 Å². The van der Waals surface area contributed by atoms with Crippen LogP contribution in [0.15, 0.2) is 0 Å². The van der Waals surface area contributed by atoms with E-state index >= 15 is 0 Å². The number of rotatable bonds is 7. The Kier molecular flexibility index (Phi) is 5.95. The van der Waals surface area contributed by atoms with Crippen molar-refractivity contribution in [1.29, 1.82) is 0 Å². The molecule has 1 rings (SSSR count). The molecular weight excluding hydrogens is 238 g/mol. The summed E-state index contributed by atoms with van der Waals surface area (Å²) >= 11 is 6.22. The molecule has 98 valence electrons. The monoisotopic (exact) mass is 259 g/mol. The van der Waals surface area contributed by atoms with E-state index in [1.807, 2.05) is 20.9 Å². The van der Waals surface area contributed by atoms with E-state index in [0.29, 0.717) is 12.6 Å². The number of nitrogens with one attached hydrogen (secondary N) is 1. The third-order valence-electron chi connectivity index (χ3n) is 2.74. The molecule has 0 bridgehead atoms. The maximum Gasteiger partial charge on any atom is 0.130 e. The fourth-order valence-electron chi connectivity index (χ4n) is 1.89. The van der Waals surface area contributed by atoms with Gasteiger partial charge < -0.3 is 10.1 Å². The zero-order valence-electron chi connectivity index (χ0n) is 11.1. The Morgan fingerprint density at radius 3 is 2.65 bits per heavy atom. The predicted octanol–water partition coefficient (Wildman–Crippen LogP) is 1.94. The minimum atomic E-state index is 0.292. The number of ether oxygens (including phenoxy) is 1. The lowest BCUT2D eigenvalue weighted by atomic mass is 10.1. The first kappa shape index (κ1) is 14.5. The molecule has 0 spiro atoms. The van der Waals surface area contributed by atoms with Crippen molar-refractivity contribution in [3.63, 3.8) is 0 Å². The molecule has 5 heteroatoms. The number of hydrogen-bond donors (Lipinski definition) is 1. The fourth-order valence-corrected chi connectivity index (χ4v) is 2.14. The van der Waals surface area contributed by atoms with Crippen molar-refractivity contribution >= 4 is 11.6 Å². The van der Waals surface area contributed by atoms with Crippen LogP contribution in [-0.2, 0) is 18.2 Å². The Balaban J connectivity index is 2.70. The number of aryl methyl sites for hydroxylation is 2. The maximum absolute atomic E-state index is 6.22. The second-order valence-electron chi connectivity index (χ2n) is 4.10. The summed E-state index contributed by atoms with van der Waals surface area (Å²) in [6, 6.07) is 0.292. The molecule has 0 aliphatic heterocycles. The Morgan fingerprint density at radius 2 is 2.18 bits per heavy atom. The lowest BCUT2D eigenvalue weighted by molar-refractivity contribution is 0.123. The summed E-state index contributed by atoms with van der Waals surface area (Å²) in [4.78, 5) is 0. The Labute approximate surface area is 108 Å². The van der Waals surface area contributed by atoms with Gasteiger partial charge in [-0.1, -0.05) is 18.5 Å². The average Bonchev–Trinajstić information content (AvgIpc) is 2.53. The summed E-state index contributed by atoms with van der Waals surface area (Å²) in [5.74, 6) is 0. The molecule has 1 aromatic rings. The number of aromatic nitrogens is 2. The van der Waals surface area contributed by atoms with Gasteiger partial charge >= 0.3 is 0 Å². The summed E-state index contributed by atoms with van der Waals surface area (Å²) in [6.45, 7) is 8.46. The third kappa shape index (κ3) is 3.98. The number of likely N-dealkylation sites (N-methyl/N-ethyl adjacent to an activating group) is 1. The van der Waals surface area contributed by atoms with Gasteiger partial charge in [-0.3, -0.25) is 4.68 Å². The highest BCUT2D eigenvalue weighted by Crippen LogP contribution is 2.20. The number of halogens is 1. The molecule has 4 nitrogen and oxygen atoms in total. The van der Waals surface area contributed by atoms with Gasteiger partial charge in [0.1, 0.15) is 5.15 Å². The number of hydrogen-bond acceptors (Lipinski definition) is 3. The summed E-state index contributed by atoms with van der Waals surface area (Å²) < 4.78 is 7.19. The lowest BCUT2D eigenvalue weighted by Crippen LogP contribution is -2.35. The minimum Gasteiger partial charge on any atom is -0.380 e. The van der Waals surface area contributed by atoms with Crippen LogP contribution in [0.2, 0.25) is 5.15 Å². The van der Waals surface area contributed by atoms with Crippen LogP contribution < -0.4 is 5.32 Å². The van der Waals surface area contributed by atoms with Gasteiger partial charge in [0.15, 0.2) is 0 Å². The highest BCUT2D eigenvalue weighted by atomic mass is 35.5. The molecule has 1 aromatic heterocycles. The fraction of sp³-hybridized carbons (Fsp3) is 0.750. The van der Waals surface area contributed by atoms with E-state index in [4.69, 9.17) is 16.3 Å². The van der Waals surface area contributed by atoms with Crippen molar-refractivity contribution in [1.82, 2.24) is 15.1 Å². The van der Waals surface area contributed by atoms with Crippen LogP contribution in [-0.4, -0.2) is 35.6 Å². The van der Waals surface area contributed by atoms with Crippen LogP contribution in [0.1, 0.15) is 25.1 Å². The third-order valence-corrected chi connectivity index (χ3v) is 3.21. The van der Waals surface area contributed by atoms with E-state index in [0.717, 1.165) is 36.0 Å². The molecule has 1 heterocycles. The van der Waals surface area contributed by atoms with Gasteiger partial charge in [0.25, 0.3) is 0 Å². The molecule has 0 radical (unpaired) electrons. The molecule has 0 saturated carbocycles. The first-order valence-electron chi connectivity index (χ1n) is 6.09. The topological polar surface area (TPSA) is 39.1 Å². The summed E-state index contributed by atoms with van der Waals surface area (Å²) in [5, 5.41) is 8.45. The van der Waals surface area contributed by atoms with Crippen LogP contribution >= 0.6 is 11.6 Å². The standard InChI is InChI=1S/C12H22ClN3O/c1-5-14-10(8-17-6-2)7-11-9(3)15-16(4)12(11)13/h10,14H,5-8H2,1-4H3. The SMILES string of the molecule is CCNC(COCC)Cc1c(C)nn(C)c1Cl. The van der Waals surface area contributed by atoms with Crippen molar-refractivity contribution < 1.29 is 4.74 Å². The second-order valence-corrected chi connectivity index (χ2v) is 4.45. The zero-order chi connectivity index (χ0) is 12.8. The average molecular weight is 260 g/mol. The molecular formula is C12H22ClN3O. The van der Waals surface area contributed by atoms with Crippen LogP contribution in [0.3, 0.4) is 0 Å². The molecule has 0 aliphatic carbocycles. The van der Waals surface area contributed by atoms with Crippen LogP contribution in [0, 0.1) is 6.92 Å². The Morgan fingerprint density at radius 1 is 1.47 bits per heavy atom. The van der Waals surface area contributed by atoms with Crippen LogP contribution in [0.25, 0.3) is 0 Å². The largest absolute Gasteiger partial charge is 0.380 e. The molecule has 0 aromatic carbocycles. The summed E-state index contributed by atoms with van der Waals surface area (Å²) in [7, 11) is 1.86. The van der Waals surface area contributed by atoms with Gasteiger partial charge in [0, 0.05) is 25.3 Å². The first-order chi connectivity index (χ1) is 8.10. The second kappa shape index (κ2) is 6.99. The molecule has 0 fully saturated rings. The van der Waals surface area contributed by atoms with Gasteiger partial charge in [-0.05, 0) is 26.8 Å². The van der Waals surface area contributed by atoms with E-state index in [1.54, 1.807) is 4.68 Å². The van der Waals surface area contributed by atoms with Gasteiger partial charge in [-0.25, -0.2) is 0 Å². The lowest BCUT2D eigenvalue weighted by Gasteiger charge is -2.17. The van der Waals surface area contributed by atoms with Crippen LogP contribution in [0.5, 0.6) is 0 Å². The first-order valence-corrected chi connectivity index (χ1v) is 6.47. The van der Waals surface area contributed by atoms with E-state index in [-0.39, 0.29) is 0 Å². The maximum atomic E-state index is 6.22. The van der Waals surface area contributed by atoms with E-state index < -0.39 is 0 Å². The normalized spacial score (nSPS) is 13.0. The highest BCUT2D eigenvalue weighted by Gasteiger charge is 2.16. The molecule has 0 aliphatic rings. The smallest absolute Gasteiger partial charge is 0.130 e. The van der Waals surface area contributed by atoms with Gasteiger partial charge in [0.05, 0.1) is 12.3 Å². The van der Waals surface area contributed by atoms with Gasteiger partial charge in [-0.2, -0.15) is 5.10 Å². The van der Waals surface area contributed by atoms with Crippen molar-refractivity contribution in [2.45, 2.75) is 33.2 Å². The number of nitrogens with zero attached hydrogens (tertiary/aromatic N) is 2. The van der Waals surface area contributed by atoms with Crippen molar-refractivity contribution in [3.8, 4) is 0 Å². The van der Waals surface area contributed by atoms with E-state index in [2.05, 4.69) is 17.3 Å². The van der Waals surface area contributed by atoms with Crippen LogP contribution in [0.4, 0.5) is 0 Å². The van der Waals surface area contributed by atoms with Crippen molar-refractivity contribution in [2.75, 3.05) is 19.8 Å². The van der Waals surface area contributed by atoms with Gasteiger partial charge in [0.2, 0.25) is 0 Å². The quantitative estimate of drug-likeness (QED) is 0.814. The Hall–Kier alpha value is -0.580. The molecule has 1 atom stereocenters. The van der Waals surface area contributed by atoms with E-state index in [9.17, 15) is 0 Å². The predicted molar refractivity (Wildman–Crippen MR) is 70.6 cm³/mol. The molecule has 1 unspecified atom stereocenters. The van der Waals surface area contributed by atoms with Gasteiger partial charge in [-0.15, -0.1) is 0 Å². The minimum absolute atomic E-state index is 0.292. The molecule has 0 amide bonds. The summed E-state index contributed by atoms with van der Waals surface area (Å²) in [5.41, 5.74) is 2.11. The molecule has 17 heavy (non-hydrogen) atoms.